The Morgan fingerprint density at radius 1 is 1.20 bits per heavy atom. The van der Waals surface area contributed by atoms with E-state index < -0.39 is 0 Å². The first-order valence-corrected chi connectivity index (χ1v) is 14.4. The highest BCUT2D eigenvalue weighted by Gasteiger charge is 2.34. The summed E-state index contributed by atoms with van der Waals surface area (Å²) >= 11 is 6.77. The zero-order valence-corrected chi connectivity index (χ0v) is 24.7. The van der Waals surface area contributed by atoms with E-state index in [0.717, 1.165) is 11.3 Å². The van der Waals surface area contributed by atoms with Gasteiger partial charge in [-0.1, -0.05) is 36.1 Å². The molecule has 1 aromatic carbocycles. The second-order valence-corrected chi connectivity index (χ2v) is 11.2. The van der Waals surface area contributed by atoms with Crippen LogP contribution in [0.2, 0.25) is 0 Å². The molecule has 2 saturated heterocycles. The number of amides is 1. The van der Waals surface area contributed by atoms with E-state index in [9.17, 15) is 19.6 Å². The summed E-state index contributed by atoms with van der Waals surface area (Å²) in [5, 5.41) is 9.83. The standard InChI is InChI=1S/C29H32N4O5S2/c1-5-32-25(31-13-11-20(12-14-31)28(36)38-6-2)22(18(3)23(16-30)26(32)34)15-24-27(35)33(29(39)40-24)17-19-7-9-21(37-4)10-8-19/h7-10,15,20H,5-6,11-14,17H2,1-4H3. The fraction of sp³-hybridized carbons (Fsp3) is 0.414. The van der Waals surface area contributed by atoms with Crippen LogP contribution in [-0.2, 0) is 27.4 Å². The van der Waals surface area contributed by atoms with Crippen LogP contribution in [-0.4, -0.2) is 52.5 Å². The summed E-state index contributed by atoms with van der Waals surface area (Å²) in [6.07, 6.45) is 2.92. The molecular weight excluding hydrogens is 548 g/mol. The predicted octanol–water partition coefficient (Wildman–Crippen LogP) is 4.24. The summed E-state index contributed by atoms with van der Waals surface area (Å²) < 4.78 is 12.5. The molecule has 0 saturated carbocycles. The van der Waals surface area contributed by atoms with Crippen molar-refractivity contribution in [3.8, 4) is 11.8 Å². The number of hydrogen-bond acceptors (Lipinski definition) is 9. The molecule has 0 bridgehead atoms. The van der Waals surface area contributed by atoms with Crippen LogP contribution in [0.1, 0.15) is 48.9 Å². The van der Waals surface area contributed by atoms with Crippen molar-refractivity contribution in [2.24, 2.45) is 5.92 Å². The second kappa shape index (κ2) is 12.7. The zero-order chi connectivity index (χ0) is 29.0. The molecule has 2 aromatic rings. The number of nitrogens with zero attached hydrogens (tertiary/aromatic N) is 4. The summed E-state index contributed by atoms with van der Waals surface area (Å²) in [4.78, 5) is 43.2. The van der Waals surface area contributed by atoms with Crippen LogP contribution in [0.4, 0.5) is 5.82 Å². The van der Waals surface area contributed by atoms with Gasteiger partial charge in [0.05, 0.1) is 31.1 Å². The largest absolute Gasteiger partial charge is 0.497 e. The zero-order valence-electron chi connectivity index (χ0n) is 23.1. The molecule has 1 aromatic heterocycles. The first-order valence-electron chi connectivity index (χ1n) is 13.2. The maximum absolute atomic E-state index is 13.5. The second-order valence-electron chi connectivity index (χ2n) is 9.53. The quantitative estimate of drug-likeness (QED) is 0.258. The number of hydrogen-bond donors (Lipinski definition) is 0. The Labute approximate surface area is 243 Å². The number of thiocarbonyl (C=S) groups is 1. The minimum absolute atomic E-state index is 0.0481. The average molecular weight is 581 g/mol. The first kappa shape index (κ1) is 29.4. The highest BCUT2D eigenvalue weighted by molar-refractivity contribution is 8.26. The molecule has 210 valence electrons. The normalized spacial score (nSPS) is 16.9. The van der Waals surface area contributed by atoms with Crippen LogP contribution < -0.4 is 15.2 Å². The Morgan fingerprint density at radius 2 is 1.88 bits per heavy atom. The van der Waals surface area contributed by atoms with Gasteiger partial charge in [0.25, 0.3) is 11.5 Å². The minimum atomic E-state index is -0.366. The topological polar surface area (TPSA) is 105 Å². The van der Waals surface area contributed by atoms with Gasteiger partial charge in [-0.3, -0.25) is 23.9 Å². The van der Waals surface area contributed by atoms with Gasteiger partial charge in [-0.25, -0.2) is 0 Å². The SMILES string of the molecule is CCOC(=O)C1CCN(c2c(C=C3SC(=S)N(Cc4ccc(OC)cc4)C3=O)c(C)c(C#N)c(=O)n2CC)CC1. The molecular formula is C29H32N4O5S2. The third kappa shape index (κ3) is 5.78. The van der Waals surface area contributed by atoms with Crippen molar-refractivity contribution in [1.82, 2.24) is 9.47 Å². The number of thioether (sulfide) groups is 1. The predicted molar refractivity (Wildman–Crippen MR) is 159 cm³/mol. The summed E-state index contributed by atoms with van der Waals surface area (Å²) in [6.45, 7) is 7.45. The third-order valence-corrected chi connectivity index (χ3v) is 8.60. The fourth-order valence-electron chi connectivity index (χ4n) is 5.05. The van der Waals surface area contributed by atoms with Crippen LogP contribution in [0.3, 0.4) is 0 Å². The number of carbonyl (C=O) groups is 2. The highest BCUT2D eigenvalue weighted by Crippen LogP contribution is 2.37. The van der Waals surface area contributed by atoms with Crippen LogP contribution in [0.25, 0.3) is 6.08 Å². The third-order valence-electron chi connectivity index (χ3n) is 7.23. The van der Waals surface area contributed by atoms with Gasteiger partial charge >= 0.3 is 5.97 Å². The van der Waals surface area contributed by atoms with Crippen molar-refractivity contribution in [2.75, 3.05) is 31.7 Å². The molecule has 3 heterocycles. The Bertz CT molecular complexity index is 1450. The molecule has 0 atom stereocenters. The van der Waals surface area contributed by atoms with Crippen molar-refractivity contribution < 1.29 is 19.1 Å². The fourth-order valence-corrected chi connectivity index (χ4v) is 6.28. The lowest BCUT2D eigenvalue weighted by atomic mass is 9.95. The van der Waals surface area contributed by atoms with Gasteiger partial charge < -0.3 is 14.4 Å². The van der Waals surface area contributed by atoms with Crippen molar-refractivity contribution in [1.29, 1.82) is 5.26 Å². The molecule has 1 amide bonds. The number of esters is 1. The van der Waals surface area contributed by atoms with E-state index in [1.807, 2.05) is 31.2 Å². The van der Waals surface area contributed by atoms with Crippen molar-refractivity contribution in [3.63, 3.8) is 0 Å². The molecule has 0 aliphatic carbocycles. The number of methoxy groups -OCH3 is 1. The molecule has 2 aliphatic heterocycles. The number of pyridine rings is 1. The molecule has 11 heteroatoms. The van der Waals surface area contributed by atoms with Crippen LogP contribution >= 0.6 is 24.0 Å². The minimum Gasteiger partial charge on any atom is -0.497 e. The van der Waals surface area contributed by atoms with Crippen molar-refractivity contribution >= 4 is 52.1 Å². The van der Waals surface area contributed by atoms with E-state index in [-0.39, 0.29) is 28.9 Å². The molecule has 2 aliphatic rings. The smallest absolute Gasteiger partial charge is 0.309 e. The van der Waals surface area contributed by atoms with Gasteiger partial charge in [-0.2, -0.15) is 5.26 Å². The van der Waals surface area contributed by atoms with Crippen molar-refractivity contribution in [3.05, 3.63) is 61.8 Å². The summed E-state index contributed by atoms with van der Waals surface area (Å²) in [5.41, 5.74) is 1.74. The molecule has 0 N–H and O–H groups in total. The van der Waals surface area contributed by atoms with E-state index in [4.69, 9.17) is 21.7 Å². The van der Waals surface area contributed by atoms with Crippen LogP contribution in [0.15, 0.2) is 34.0 Å². The van der Waals surface area contributed by atoms with Crippen LogP contribution in [0, 0.1) is 24.2 Å². The summed E-state index contributed by atoms with van der Waals surface area (Å²) in [7, 11) is 1.60. The van der Waals surface area contributed by atoms with E-state index in [0.29, 0.717) is 71.8 Å². The number of benzene rings is 1. The van der Waals surface area contributed by atoms with Gasteiger partial charge in [0.1, 0.15) is 27.5 Å². The van der Waals surface area contributed by atoms with E-state index in [2.05, 4.69) is 11.0 Å². The van der Waals surface area contributed by atoms with Crippen molar-refractivity contribution in [2.45, 2.75) is 46.7 Å². The number of piperidine rings is 1. The Morgan fingerprint density at radius 3 is 2.45 bits per heavy atom. The lowest BCUT2D eigenvalue weighted by molar-refractivity contribution is -0.148. The number of aromatic nitrogens is 1. The summed E-state index contributed by atoms with van der Waals surface area (Å²) in [6, 6.07) is 9.51. The lowest BCUT2D eigenvalue weighted by Crippen LogP contribution is -2.41. The number of nitriles is 1. The van der Waals surface area contributed by atoms with Gasteiger partial charge in [-0.05, 0) is 62.9 Å². The molecule has 9 nitrogen and oxygen atoms in total. The molecule has 2 fully saturated rings. The van der Waals surface area contributed by atoms with Gasteiger partial charge in [0.2, 0.25) is 0 Å². The number of anilines is 1. The molecule has 4 rings (SSSR count). The highest BCUT2D eigenvalue weighted by atomic mass is 32.2. The van der Waals surface area contributed by atoms with E-state index in [1.165, 1.54) is 11.8 Å². The number of rotatable bonds is 8. The molecule has 0 radical (unpaired) electrons. The Balaban J connectivity index is 1.71. The molecule has 40 heavy (non-hydrogen) atoms. The van der Waals surface area contributed by atoms with Gasteiger partial charge in [-0.15, -0.1) is 0 Å². The maximum Gasteiger partial charge on any atom is 0.309 e. The van der Waals surface area contributed by atoms with Gasteiger partial charge in [0, 0.05) is 25.2 Å². The molecule has 0 unspecified atom stereocenters. The monoisotopic (exact) mass is 580 g/mol. The van der Waals surface area contributed by atoms with Crippen LogP contribution in [0.5, 0.6) is 5.75 Å². The molecule has 0 spiro atoms. The number of carbonyl (C=O) groups excluding carboxylic acids is 2. The lowest BCUT2D eigenvalue weighted by Gasteiger charge is -2.35. The van der Waals surface area contributed by atoms with E-state index >= 15 is 0 Å². The average Bonchev–Trinajstić information content (AvgIpc) is 3.22. The Kier molecular flexibility index (Phi) is 9.32. The van der Waals surface area contributed by atoms with E-state index in [1.54, 1.807) is 36.5 Å². The number of ether oxygens (including phenoxy) is 2. The maximum atomic E-state index is 13.5. The first-order chi connectivity index (χ1) is 19.2. The van der Waals surface area contributed by atoms with Gasteiger partial charge in [0.15, 0.2) is 0 Å². The Hall–Kier alpha value is -3.62. The summed E-state index contributed by atoms with van der Waals surface area (Å²) in [5.74, 6) is 0.737.